The van der Waals surface area contributed by atoms with E-state index in [1.54, 1.807) is 25.1 Å². The van der Waals surface area contributed by atoms with Crippen molar-refractivity contribution in [1.82, 2.24) is 10.5 Å². The largest absolute Gasteiger partial charge is 0.361 e. The molecule has 0 aliphatic heterocycles. The van der Waals surface area contributed by atoms with Crippen LogP contribution < -0.4 is 10.0 Å². The Hall–Kier alpha value is -3.13. The lowest BCUT2D eigenvalue weighted by Gasteiger charge is -2.09. The Morgan fingerprint density at radius 3 is 2.30 bits per heavy atom. The van der Waals surface area contributed by atoms with Crippen molar-refractivity contribution >= 4 is 21.6 Å². The molecule has 1 aromatic heterocycles. The molecule has 0 aliphatic carbocycles. The van der Waals surface area contributed by atoms with E-state index in [0.29, 0.717) is 22.7 Å². The summed E-state index contributed by atoms with van der Waals surface area (Å²) in [6.45, 7) is 3.92. The Morgan fingerprint density at radius 1 is 1.04 bits per heavy atom. The Balaban J connectivity index is 1.66. The maximum Gasteiger partial charge on any atom is 0.261 e. The van der Waals surface area contributed by atoms with Gasteiger partial charge in [-0.2, -0.15) is 0 Å². The molecule has 2 N–H and O–H groups in total. The summed E-state index contributed by atoms with van der Waals surface area (Å²) in [6.07, 6.45) is 0. The highest BCUT2D eigenvalue weighted by molar-refractivity contribution is 7.92. The standard InChI is InChI=1S/C19H19N3O4S/c1-13-3-7-16(8-4-13)22-27(24,25)18-9-5-15(6-10-18)19(23)20-12-17-11-14(2)26-21-17/h3-11,22H,12H2,1-2H3,(H,20,23). The maximum atomic E-state index is 12.5. The molecule has 27 heavy (non-hydrogen) atoms. The van der Waals surface area contributed by atoms with Crippen LogP contribution in [0.1, 0.15) is 27.4 Å². The van der Waals surface area contributed by atoms with Gasteiger partial charge in [0, 0.05) is 17.3 Å². The van der Waals surface area contributed by atoms with Gasteiger partial charge in [-0.15, -0.1) is 0 Å². The molecule has 0 atom stereocenters. The topological polar surface area (TPSA) is 101 Å². The molecule has 0 unspecified atom stereocenters. The zero-order chi connectivity index (χ0) is 19.4. The van der Waals surface area contributed by atoms with E-state index in [2.05, 4.69) is 15.2 Å². The monoisotopic (exact) mass is 385 g/mol. The molecule has 140 valence electrons. The van der Waals surface area contributed by atoms with Crippen LogP contribution in [0.15, 0.2) is 64.0 Å². The molecule has 1 amide bonds. The van der Waals surface area contributed by atoms with Crippen LogP contribution in [0.5, 0.6) is 0 Å². The number of sulfonamides is 1. The van der Waals surface area contributed by atoms with Crippen molar-refractivity contribution in [2.45, 2.75) is 25.3 Å². The summed E-state index contributed by atoms with van der Waals surface area (Å²) in [5, 5.41) is 6.50. The Kier molecular flexibility index (Phi) is 5.27. The van der Waals surface area contributed by atoms with Gasteiger partial charge in [0.15, 0.2) is 0 Å². The van der Waals surface area contributed by atoms with Crippen LogP contribution in [0.25, 0.3) is 0 Å². The molecule has 8 heteroatoms. The summed E-state index contributed by atoms with van der Waals surface area (Å²) in [5.74, 6) is 0.334. The van der Waals surface area contributed by atoms with E-state index in [0.717, 1.165) is 5.56 Å². The quantitative estimate of drug-likeness (QED) is 0.679. The van der Waals surface area contributed by atoms with Gasteiger partial charge < -0.3 is 9.84 Å². The van der Waals surface area contributed by atoms with E-state index in [1.807, 2.05) is 19.1 Å². The van der Waals surface area contributed by atoms with E-state index in [1.165, 1.54) is 24.3 Å². The van der Waals surface area contributed by atoms with Gasteiger partial charge in [-0.1, -0.05) is 22.9 Å². The van der Waals surface area contributed by atoms with Gasteiger partial charge in [-0.3, -0.25) is 9.52 Å². The second-order valence-electron chi connectivity index (χ2n) is 6.11. The van der Waals surface area contributed by atoms with Crippen molar-refractivity contribution in [3.8, 4) is 0 Å². The third-order valence-electron chi connectivity index (χ3n) is 3.84. The first kappa shape index (κ1) is 18.7. The molecule has 1 heterocycles. The van der Waals surface area contributed by atoms with Crippen molar-refractivity contribution in [2.24, 2.45) is 0 Å². The van der Waals surface area contributed by atoms with Crippen LogP contribution in [-0.2, 0) is 16.6 Å². The summed E-state index contributed by atoms with van der Waals surface area (Å²) in [4.78, 5) is 12.2. The smallest absolute Gasteiger partial charge is 0.261 e. The van der Waals surface area contributed by atoms with Crippen molar-refractivity contribution < 1.29 is 17.7 Å². The molecule has 0 saturated heterocycles. The SMILES string of the molecule is Cc1ccc(NS(=O)(=O)c2ccc(C(=O)NCc3cc(C)on3)cc2)cc1. The zero-order valence-electron chi connectivity index (χ0n) is 14.9. The first-order chi connectivity index (χ1) is 12.8. The van der Waals surface area contributed by atoms with Crippen LogP contribution in [0.4, 0.5) is 5.69 Å². The van der Waals surface area contributed by atoms with Crippen LogP contribution in [0, 0.1) is 13.8 Å². The molecular weight excluding hydrogens is 366 g/mol. The number of carbonyl (C=O) groups is 1. The number of amides is 1. The summed E-state index contributed by atoms with van der Waals surface area (Å²) < 4.78 is 32.3. The lowest BCUT2D eigenvalue weighted by Crippen LogP contribution is -2.23. The molecule has 0 radical (unpaired) electrons. The zero-order valence-corrected chi connectivity index (χ0v) is 15.7. The third-order valence-corrected chi connectivity index (χ3v) is 5.23. The van der Waals surface area contributed by atoms with Crippen LogP contribution >= 0.6 is 0 Å². The molecule has 2 aromatic carbocycles. The van der Waals surface area contributed by atoms with Gasteiger partial charge in [0.1, 0.15) is 11.5 Å². The normalized spacial score (nSPS) is 11.2. The molecule has 7 nitrogen and oxygen atoms in total. The average molecular weight is 385 g/mol. The number of anilines is 1. The minimum Gasteiger partial charge on any atom is -0.361 e. The van der Waals surface area contributed by atoms with Crippen molar-refractivity contribution in [2.75, 3.05) is 4.72 Å². The minimum atomic E-state index is -3.73. The first-order valence-electron chi connectivity index (χ1n) is 8.23. The fraction of sp³-hybridized carbons (Fsp3) is 0.158. The Bertz CT molecular complexity index is 1040. The molecule has 0 aliphatic rings. The number of hydrogen-bond donors (Lipinski definition) is 2. The highest BCUT2D eigenvalue weighted by atomic mass is 32.2. The lowest BCUT2D eigenvalue weighted by molar-refractivity contribution is 0.0950. The lowest BCUT2D eigenvalue weighted by atomic mass is 10.2. The van der Waals surface area contributed by atoms with Gasteiger partial charge in [0.05, 0.1) is 11.4 Å². The Labute approximate surface area is 157 Å². The molecule has 0 spiro atoms. The number of nitrogens with one attached hydrogen (secondary N) is 2. The number of aromatic nitrogens is 1. The highest BCUT2D eigenvalue weighted by Crippen LogP contribution is 2.17. The third kappa shape index (κ3) is 4.73. The van der Waals surface area contributed by atoms with Crippen molar-refractivity contribution in [3.05, 3.63) is 77.2 Å². The predicted molar refractivity (Wildman–Crippen MR) is 101 cm³/mol. The summed E-state index contributed by atoms with van der Waals surface area (Å²) in [5.41, 5.74) is 2.48. The van der Waals surface area contributed by atoms with E-state index < -0.39 is 10.0 Å². The number of hydrogen-bond acceptors (Lipinski definition) is 5. The summed E-state index contributed by atoms with van der Waals surface area (Å²) in [7, 11) is -3.73. The molecule has 0 fully saturated rings. The molecular formula is C19H19N3O4S. The van der Waals surface area contributed by atoms with Crippen molar-refractivity contribution in [1.29, 1.82) is 0 Å². The minimum absolute atomic E-state index is 0.0757. The molecule has 3 aromatic rings. The average Bonchev–Trinajstić information content (AvgIpc) is 3.07. The van der Waals surface area contributed by atoms with Gasteiger partial charge in [-0.05, 0) is 50.2 Å². The van der Waals surface area contributed by atoms with Gasteiger partial charge in [-0.25, -0.2) is 8.42 Å². The van der Waals surface area contributed by atoms with Gasteiger partial charge in [0.2, 0.25) is 0 Å². The summed E-state index contributed by atoms with van der Waals surface area (Å²) in [6, 6.07) is 14.5. The van der Waals surface area contributed by atoms with Gasteiger partial charge >= 0.3 is 0 Å². The van der Waals surface area contributed by atoms with Gasteiger partial charge in [0.25, 0.3) is 15.9 Å². The first-order valence-corrected chi connectivity index (χ1v) is 9.72. The summed E-state index contributed by atoms with van der Waals surface area (Å²) >= 11 is 0. The Morgan fingerprint density at radius 2 is 1.70 bits per heavy atom. The molecule has 3 rings (SSSR count). The van der Waals surface area contributed by atoms with E-state index in [9.17, 15) is 13.2 Å². The predicted octanol–water partition coefficient (Wildman–Crippen LogP) is 3.02. The van der Waals surface area contributed by atoms with Crippen LogP contribution in [0.2, 0.25) is 0 Å². The second kappa shape index (κ2) is 7.63. The number of aryl methyl sites for hydroxylation is 2. The molecule has 0 bridgehead atoms. The van der Waals surface area contributed by atoms with Crippen LogP contribution in [-0.4, -0.2) is 19.5 Å². The second-order valence-corrected chi connectivity index (χ2v) is 7.79. The van der Waals surface area contributed by atoms with E-state index >= 15 is 0 Å². The van der Waals surface area contributed by atoms with E-state index in [-0.39, 0.29) is 17.3 Å². The van der Waals surface area contributed by atoms with Crippen molar-refractivity contribution in [3.63, 3.8) is 0 Å². The fourth-order valence-electron chi connectivity index (χ4n) is 2.40. The molecule has 0 saturated carbocycles. The maximum absolute atomic E-state index is 12.5. The number of rotatable bonds is 6. The van der Waals surface area contributed by atoms with Crippen LogP contribution in [0.3, 0.4) is 0 Å². The highest BCUT2D eigenvalue weighted by Gasteiger charge is 2.15. The van der Waals surface area contributed by atoms with E-state index in [4.69, 9.17) is 4.52 Å². The number of benzene rings is 2. The fourth-order valence-corrected chi connectivity index (χ4v) is 3.45. The number of nitrogens with zero attached hydrogens (tertiary/aromatic N) is 1. The number of carbonyl (C=O) groups excluding carboxylic acids is 1.